The number of furan rings is 1. The Bertz CT molecular complexity index is 3450. The lowest BCUT2D eigenvalue weighted by atomic mass is 10.0. The van der Waals surface area contributed by atoms with Gasteiger partial charge >= 0.3 is 0 Å². The van der Waals surface area contributed by atoms with Gasteiger partial charge in [-0.25, -0.2) is 15.0 Å². The molecule has 0 saturated carbocycles. The third-order valence-corrected chi connectivity index (χ3v) is 11.2. The second-order valence-electron chi connectivity index (χ2n) is 14.4. The number of fused-ring (bicyclic) bond motifs is 9. The smallest absolute Gasteiger partial charge is 0.164 e. The number of hydrogen-bond acceptors (Lipinski definition) is 4. The largest absolute Gasteiger partial charge is 0.454 e. The highest BCUT2D eigenvalue weighted by Crippen LogP contribution is 2.44. The number of benzene rings is 8. The summed E-state index contributed by atoms with van der Waals surface area (Å²) in [6.07, 6.45) is 0. The first kappa shape index (κ1) is 31.5. The Morgan fingerprint density at radius 1 is 0.368 bits per heavy atom. The molecule has 0 N–H and O–H groups in total. The number of aromatic nitrogens is 5. The van der Waals surface area contributed by atoms with Crippen molar-refractivity contribution in [1.29, 1.82) is 0 Å². The molecule has 0 aliphatic heterocycles. The molecule has 6 nitrogen and oxygen atoms in total. The van der Waals surface area contributed by atoms with E-state index in [1.807, 2.05) is 72.8 Å². The molecule has 12 aromatic rings. The van der Waals surface area contributed by atoms with E-state index in [1.54, 1.807) is 0 Å². The average molecular weight is 730 g/mol. The monoisotopic (exact) mass is 729 g/mol. The average Bonchev–Trinajstić information content (AvgIpc) is 3.94. The Kier molecular flexibility index (Phi) is 6.83. The maximum absolute atomic E-state index is 6.93. The lowest BCUT2D eigenvalue weighted by molar-refractivity contribution is 0.666. The molecular weight excluding hydrogens is 699 g/mol. The van der Waals surface area contributed by atoms with E-state index < -0.39 is 0 Å². The van der Waals surface area contributed by atoms with Crippen LogP contribution < -0.4 is 0 Å². The lowest BCUT2D eigenvalue weighted by Crippen LogP contribution is -2.01. The molecule has 0 unspecified atom stereocenters. The molecule has 0 spiro atoms. The first-order chi connectivity index (χ1) is 28.3. The predicted molar refractivity (Wildman–Crippen MR) is 232 cm³/mol. The third kappa shape index (κ3) is 4.81. The maximum atomic E-state index is 6.93. The van der Waals surface area contributed by atoms with Gasteiger partial charge in [-0.15, -0.1) is 0 Å². The lowest BCUT2D eigenvalue weighted by Gasteiger charge is -2.13. The summed E-state index contributed by atoms with van der Waals surface area (Å²) < 4.78 is 11.7. The van der Waals surface area contributed by atoms with E-state index in [0.717, 1.165) is 66.6 Å². The Hall–Kier alpha value is -7.83. The molecule has 0 fully saturated rings. The zero-order valence-corrected chi connectivity index (χ0v) is 30.5. The SMILES string of the molecule is c1ccc(-c2nc(-c3ccccc3)nc(-c3ccc(-n4c5ccccc5c5cc6c7ccccc7n(-c7ccccc7)c6cc54)c4oc5ccccc5c34)n2)cc1. The summed E-state index contributed by atoms with van der Waals surface area (Å²) in [5.74, 6) is 1.82. The van der Waals surface area contributed by atoms with Gasteiger partial charge in [0.15, 0.2) is 23.1 Å². The number of rotatable bonds is 5. The zero-order chi connectivity index (χ0) is 37.5. The second-order valence-corrected chi connectivity index (χ2v) is 14.4. The van der Waals surface area contributed by atoms with Crippen molar-refractivity contribution in [3.8, 4) is 45.5 Å². The first-order valence-electron chi connectivity index (χ1n) is 19.1. The molecule has 12 rings (SSSR count). The number of hydrogen-bond donors (Lipinski definition) is 0. The van der Waals surface area contributed by atoms with E-state index >= 15 is 0 Å². The van der Waals surface area contributed by atoms with Crippen LogP contribution in [-0.4, -0.2) is 24.1 Å². The fourth-order valence-electron chi connectivity index (χ4n) is 8.65. The van der Waals surface area contributed by atoms with Gasteiger partial charge in [-0.3, -0.25) is 0 Å². The van der Waals surface area contributed by atoms with E-state index in [2.05, 4.69) is 124 Å². The first-order valence-corrected chi connectivity index (χ1v) is 19.1. The van der Waals surface area contributed by atoms with Crippen LogP contribution in [0.3, 0.4) is 0 Å². The van der Waals surface area contributed by atoms with Crippen molar-refractivity contribution in [2.75, 3.05) is 0 Å². The van der Waals surface area contributed by atoms with Gasteiger partial charge in [0.1, 0.15) is 5.58 Å². The van der Waals surface area contributed by atoms with Crippen LogP contribution in [0.5, 0.6) is 0 Å². The minimum atomic E-state index is 0.585. The van der Waals surface area contributed by atoms with Crippen LogP contribution in [0.4, 0.5) is 0 Å². The van der Waals surface area contributed by atoms with Crippen LogP contribution in [0.1, 0.15) is 0 Å². The van der Waals surface area contributed by atoms with E-state index in [9.17, 15) is 0 Å². The maximum Gasteiger partial charge on any atom is 0.164 e. The minimum absolute atomic E-state index is 0.585. The van der Waals surface area contributed by atoms with E-state index in [4.69, 9.17) is 19.4 Å². The highest BCUT2D eigenvalue weighted by molar-refractivity contribution is 6.20. The van der Waals surface area contributed by atoms with Crippen LogP contribution >= 0.6 is 0 Å². The van der Waals surface area contributed by atoms with Crippen LogP contribution in [0.25, 0.3) is 111 Å². The fraction of sp³-hybridized carbons (Fsp3) is 0. The summed E-state index contributed by atoms with van der Waals surface area (Å²) in [5.41, 5.74) is 10.9. The quantitative estimate of drug-likeness (QED) is 0.177. The predicted octanol–water partition coefficient (Wildman–Crippen LogP) is 13.0. The summed E-state index contributed by atoms with van der Waals surface area (Å²) in [5, 5.41) is 6.75. The van der Waals surface area contributed by atoms with Crippen LogP contribution in [0, 0.1) is 0 Å². The van der Waals surface area contributed by atoms with Crippen molar-refractivity contribution in [3.63, 3.8) is 0 Å². The van der Waals surface area contributed by atoms with Crippen LogP contribution in [0.15, 0.2) is 192 Å². The van der Waals surface area contributed by atoms with Crippen molar-refractivity contribution in [2.45, 2.75) is 0 Å². The Balaban J connectivity index is 1.17. The fourth-order valence-corrected chi connectivity index (χ4v) is 8.65. The third-order valence-electron chi connectivity index (χ3n) is 11.2. The van der Waals surface area contributed by atoms with Crippen molar-refractivity contribution in [1.82, 2.24) is 24.1 Å². The molecule has 6 heteroatoms. The van der Waals surface area contributed by atoms with Gasteiger partial charge < -0.3 is 13.6 Å². The van der Waals surface area contributed by atoms with Gasteiger partial charge in [0.05, 0.1) is 27.8 Å². The van der Waals surface area contributed by atoms with E-state index in [-0.39, 0.29) is 0 Å². The molecule has 0 amide bonds. The van der Waals surface area contributed by atoms with Crippen molar-refractivity contribution < 1.29 is 4.42 Å². The van der Waals surface area contributed by atoms with Crippen molar-refractivity contribution >= 4 is 65.6 Å². The molecule has 0 aliphatic rings. The van der Waals surface area contributed by atoms with Crippen LogP contribution in [-0.2, 0) is 0 Å². The minimum Gasteiger partial charge on any atom is -0.454 e. The van der Waals surface area contributed by atoms with Crippen LogP contribution in [0.2, 0.25) is 0 Å². The number of nitrogens with zero attached hydrogens (tertiary/aromatic N) is 5. The molecule has 0 atom stereocenters. The van der Waals surface area contributed by atoms with Crippen molar-refractivity contribution in [2.24, 2.45) is 0 Å². The molecule has 4 heterocycles. The topological polar surface area (TPSA) is 61.7 Å². The summed E-state index contributed by atoms with van der Waals surface area (Å²) >= 11 is 0. The molecular formula is C51H31N5O. The van der Waals surface area contributed by atoms with Gasteiger partial charge in [-0.1, -0.05) is 133 Å². The van der Waals surface area contributed by atoms with E-state index in [1.165, 1.54) is 27.1 Å². The van der Waals surface area contributed by atoms with Gasteiger partial charge in [0.25, 0.3) is 0 Å². The molecule has 0 saturated heterocycles. The Labute approximate surface area is 326 Å². The normalized spacial score (nSPS) is 11.9. The molecule has 0 aliphatic carbocycles. The highest BCUT2D eigenvalue weighted by Gasteiger charge is 2.24. The van der Waals surface area contributed by atoms with Crippen molar-refractivity contribution in [3.05, 3.63) is 188 Å². The van der Waals surface area contributed by atoms with Gasteiger partial charge in [-0.05, 0) is 54.6 Å². The summed E-state index contributed by atoms with van der Waals surface area (Å²) in [6, 6.07) is 65.5. The Morgan fingerprint density at radius 3 is 1.53 bits per heavy atom. The molecule has 0 bridgehead atoms. The molecule has 4 aromatic heterocycles. The Morgan fingerprint density at radius 2 is 0.877 bits per heavy atom. The van der Waals surface area contributed by atoms with Gasteiger partial charge in [-0.2, -0.15) is 0 Å². The molecule has 266 valence electrons. The van der Waals surface area contributed by atoms with Gasteiger partial charge in [0, 0.05) is 54.7 Å². The summed E-state index contributed by atoms with van der Waals surface area (Å²) in [6.45, 7) is 0. The summed E-state index contributed by atoms with van der Waals surface area (Å²) in [7, 11) is 0. The number of para-hydroxylation sites is 4. The standard InChI is InChI=1S/C51H31N5O/c1-4-16-32(17-5-1)49-52-50(33-18-6-2-7-19-33)54-51(53-49)38-28-29-43(48-47(38)37-24-12-15-27-46(37)57-48)56-42-26-14-11-23-36(42)40-30-39-35-22-10-13-25-41(35)55(44(39)31-45(40)56)34-20-8-3-9-21-34/h1-31H. The molecule has 57 heavy (non-hydrogen) atoms. The summed E-state index contributed by atoms with van der Waals surface area (Å²) in [4.78, 5) is 15.3. The zero-order valence-electron chi connectivity index (χ0n) is 30.5. The molecule has 0 radical (unpaired) electrons. The van der Waals surface area contributed by atoms with E-state index in [0.29, 0.717) is 17.5 Å². The van der Waals surface area contributed by atoms with Gasteiger partial charge in [0.2, 0.25) is 0 Å². The highest BCUT2D eigenvalue weighted by atomic mass is 16.3. The second kappa shape index (κ2) is 12.3. The molecule has 8 aromatic carbocycles.